The molecule has 1 aliphatic rings. The van der Waals surface area contributed by atoms with Crippen LogP contribution in [0.1, 0.15) is 19.3 Å². The molecule has 4 aromatic rings. The van der Waals surface area contributed by atoms with Crippen LogP contribution in [0.2, 0.25) is 0 Å². The zero-order valence-electron chi connectivity index (χ0n) is 14.6. The molecule has 9 heteroatoms. The Bertz CT molecular complexity index is 1160. The first-order valence-electron chi connectivity index (χ1n) is 8.62. The number of fused-ring (bicyclic) bond motifs is 1. The number of thiazole rings is 1. The number of hydrogen-bond acceptors (Lipinski definition) is 7. The molecular weight excluding hydrogens is 398 g/mol. The fourth-order valence-corrected chi connectivity index (χ4v) is 7.00. The highest BCUT2D eigenvalue weighted by atomic mass is 32.2. The van der Waals surface area contributed by atoms with Gasteiger partial charge in [0.1, 0.15) is 9.04 Å². The third kappa shape index (κ3) is 2.81. The van der Waals surface area contributed by atoms with Crippen LogP contribution in [-0.4, -0.2) is 29.0 Å². The van der Waals surface area contributed by atoms with Gasteiger partial charge in [0.25, 0.3) is 0 Å². The van der Waals surface area contributed by atoms with Gasteiger partial charge in [-0.2, -0.15) is 0 Å². The van der Waals surface area contributed by atoms with E-state index in [1.54, 1.807) is 23.2 Å². The van der Waals surface area contributed by atoms with E-state index in [1.807, 2.05) is 30.1 Å². The van der Waals surface area contributed by atoms with Gasteiger partial charge in [0.2, 0.25) is 0 Å². The van der Waals surface area contributed by atoms with E-state index in [9.17, 15) is 4.21 Å². The number of pyridine rings is 1. The Morgan fingerprint density at radius 3 is 2.81 bits per heavy atom. The number of hydrogen-bond donors (Lipinski definition) is 1. The van der Waals surface area contributed by atoms with Crippen molar-refractivity contribution in [2.45, 2.75) is 28.7 Å². The third-order valence-corrected chi connectivity index (χ3v) is 8.96. The van der Waals surface area contributed by atoms with Crippen molar-refractivity contribution in [2.75, 3.05) is 5.73 Å². The summed E-state index contributed by atoms with van der Waals surface area (Å²) < 4.78 is 15.6. The number of anilines is 1. The number of rotatable bonds is 4. The maximum atomic E-state index is 13.0. The summed E-state index contributed by atoms with van der Waals surface area (Å²) in [5, 5.41) is 1.08. The van der Waals surface area contributed by atoms with Crippen molar-refractivity contribution in [3.63, 3.8) is 0 Å². The molecule has 1 aliphatic carbocycles. The Morgan fingerprint density at radius 1 is 1.33 bits per heavy atom. The molecule has 0 bridgehead atoms. The van der Waals surface area contributed by atoms with Crippen LogP contribution < -0.4 is 5.73 Å². The first kappa shape index (κ1) is 17.0. The molecule has 5 rings (SSSR count). The Hall–Kier alpha value is -2.10. The van der Waals surface area contributed by atoms with Crippen LogP contribution in [0.5, 0.6) is 0 Å². The summed E-state index contributed by atoms with van der Waals surface area (Å²) in [4.78, 5) is 15.3. The van der Waals surface area contributed by atoms with E-state index in [2.05, 4.69) is 9.97 Å². The van der Waals surface area contributed by atoms with Gasteiger partial charge in [0, 0.05) is 35.6 Å². The molecule has 4 heterocycles. The van der Waals surface area contributed by atoms with Gasteiger partial charge in [0.15, 0.2) is 0 Å². The summed E-state index contributed by atoms with van der Waals surface area (Å²) >= 11 is 2.99. The number of aromatic nitrogens is 4. The molecule has 4 aromatic heterocycles. The molecule has 27 heavy (non-hydrogen) atoms. The molecule has 0 radical (unpaired) electrons. The van der Waals surface area contributed by atoms with E-state index in [0.29, 0.717) is 5.69 Å². The lowest BCUT2D eigenvalue weighted by Crippen LogP contribution is -2.23. The monoisotopic (exact) mass is 415 g/mol. The highest BCUT2D eigenvalue weighted by Crippen LogP contribution is 2.44. The van der Waals surface area contributed by atoms with E-state index in [0.717, 1.165) is 55.5 Å². The van der Waals surface area contributed by atoms with Gasteiger partial charge in [-0.05, 0) is 18.9 Å². The molecule has 1 fully saturated rings. The summed E-state index contributed by atoms with van der Waals surface area (Å²) in [6.45, 7) is 0. The standard InChI is InChI=1S/C18H17N5OS3/c1-23-7-13(21-8-23)11-5-12(14-6-20-9-25-14)22-17-15(11)16(19)18(26-17)27(24)10-3-2-4-10/h5-10H,2-4,19H2,1H3. The molecule has 1 saturated carbocycles. The average molecular weight is 416 g/mol. The van der Waals surface area contributed by atoms with Crippen molar-refractivity contribution < 1.29 is 4.21 Å². The highest BCUT2D eigenvalue weighted by Gasteiger charge is 2.29. The molecule has 1 unspecified atom stereocenters. The Kier molecular flexibility index (Phi) is 4.10. The van der Waals surface area contributed by atoms with Gasteiger partial charge < -0.3 is 10.3 Å². The predicted molar refractivity (Wildman–Crippen MR) is 111 cm³/mol. The van der Waals surface area contributed by atoms with Gasteiger partial charge in [-0.3, -0.25) is 9.19 Å². The second-order valence-corrected chi connectivity index (χ2v) is 10.5. The number of nitrogens with zero attached hydrogens (tertiary/aromatic N) is 4. The number of thiophene rings is 1. The fraction of sp³-hybridized carbons (Fsp3) is 0.278. The third-order valence-electron chi connectivity index (χ3n) is 4.87. The Labute approximate surface area is 166 Å². The van der Waals surface area contributed by atoms with Crippen molar-refractivity contribution >= 4 is 49.4 Å². The molecule has 0 aromatic carbocycles. The van der Waals surface area contributed by atoms with Crippen molar-refractivity contribution in [1.29, 1.82) is 0 Å². The second kappa shape index (κ2) is 6.50. The van der Waals surface area contributed by atoms with Crippen LogP contribution in [0.15, 0.2) is 34.5 Å². The first-order valence-corrected chi connectivity index (χ1v) is 11.5. The molecule has 1 atom stereocenters. The lowest BCUT2D eigenvalue weighted by molar-refractivity contribution is 0.505. The molecule has 0 aliphatic heterocycles. The minimum Gasteiger partial charge on any atom is -0.396 e. The number of aryl methyl sites for hydroxylation is 1. The fourth-order valence-electron chi connectivity index (χ4n) is 3.21. The highest BCUT2D eigenvalue weighted by molar-refractivity contribution is 7.88. The van der Waals surface area contributed by atoms with Gasteiger partial charge in [0.05, 0.1) is 44.6 Å². The summed E-state index contributed by atoms with van der Waals surface area (Å²) in [5.41, 5.74) is 11.5. The van der Waals surface area contributed by atoms with Crippen LogP contribution in [-0.2, 0) is 17.8 Å². The topological polar surface area (TPSA) is 86.7 Å². The van der Waals surface area contributed by atoms with Gasteiger partial charge in [-0.25, -0.2) is 9.97 Å². The normalized spacial score (nSPS) is 15.9. The van der Waals surface area contributed by atoms with E-state index in [4.69, 9.17) is 10.7 Å². The van der Waals surface area contributed by atoms with Crippen molar-refractivity contribution in [1.82, 2.24) is 19.5 Å². The molecule has 6 nitrogen and oxygen atoms in total. The Balaban J connectivity index is 1.76. The molecule has 138 valence electrons. The quantitative estimate of drug-likeness (QED) is 0.543. The minimum absolute atomic E-state index is 0.222. The predicted octanol–water partition coefficient (Wildman–Crippen LogP) is 4.06. The Morgan fingerprint density at radius 2 is 2.19 bits per heavy atom. The summed E-state index contributed by atoms with van der Waals surface area (Å²) in [6, 6.07) is 2.01. The van der Waals surface area contributed by atoms with E-state index in [-0.39, 0.29) is 5.25 Å². The molecular formula is C18H17N5OS3. The lowest BCUT2D eigenvalue weighted by atomic mass is 10.0. The van der Waals surface area contributed by atoms with E-state index in [1.165, 1.54) is 11.3 Å². The van der Waals surface area contributed by atoms with E-state index >= 15 is 0 Å². The summed E-state index contributed by atoms with van der Waals surface area (Å²) in [7, 11) is 0.867. The number of nitrogens with two attached hydrogens (primary N) is 1. The average Bonchev–Trinajstić information content (AvgIpc) is 3.33. The molecule has 0 amide bonds. The van der Waals surface area contributed by atoms with Gasteiger partial charge in [-0.15, -0.1) is 22.7 Å². The van der Waals surface area contributed by atoms with Crippen LogP contribution in [0.4, 0.5) is 5.69 Å². The van der Waals surface area contributed by atoms with Crippen LogP contribution in [0, 0.1) is 0 Å². The SMILES string of the molecule is Cn1cnc(-c2cc(-c3cncs3)nc3sc(S(=O)C4CCC4)c(N)c23)c1. The molecule has 2 N–H and O–H groups in total. The largest absolute Gasteiger partial charge is 0.396 e. The van der Waals surface area contributed by atoms with Crippen molar-refractivity contribution in [3.8, 4) is 21.8 Å². The lowest BCUT2D eigenvalue weighted by Gasteiger charge is -2.23. The second-order valence-electron chi connectivity index (χ2n) is 6.68. The van der Waals surface area contributed by atoms with Gasteiger partial charge in [-0.1, -0.05) is 6.42 Å². The maximum absolute atomic E-state index is 13.0. The minimum atomic E-state index is -1.07. The zero-order valence-corrected chi connectivity index (χ0v) is 17.0. The van der Waals surface area contributed by atoms with Crippen LogP contribution in [0.3, 0.4) is 0 Å². The smallest absolute Gasteiger partial charge is 0.128 e. The molecule has 0 saturated heterocycles. The summed E-state index contributed by atoms with van der Waals surface area (Å²) in [6.07, 6.45) is 8.70. The first-order chi connectivity index (χ1) is 13.1. The van der Waals surface area contributed by atoms with Crippen LogP contribution >= 0.6 is 22.7 Å². The van der Waals surface area contributed by atoms with E-state index < -0.39 is 10.8 Å². The van der Waals surface area contributed by atoms with Crippen LogP contribution in [0.25, 0.3) is 32.0 Å². The zero-order chi connectivity index (χ0) is 18.5. The number of imidazole rings is 1. The van der Waals surface area contributed by atoms with Crippen molar-refractivity contribution in [3.05, 3.63) is 30.3 Å². The van der Waals surface area contributed by atoms with Gasteiger partial charge >= 0.3 is 0 Å². The van der Waals surface area contributed by atoms with Crippen molar-refractivity contribution in [2.24, 2.45) is 7.05 Å². The number of nitrogen functional groups attached to an aromatic ring is 1. The maximum Gasteiger partial charge on any atom is 0.128 e. The summed E-state index contributed by atoms with van der Waals surface area (Å²) in [5.74, 6) is 0. The molecule has 0 spiro atoms.